The third kappa shape index (κ3) is 2.41. The molecule has 0 saturated heterocycles. The van der Waals surface area contributed by atoms with Crippen LogP contribution < -0.4 is 0 Å². The van der Waals surface area contributed by atoms with Gasteiger partial charge in [0.15, 0.2) is 6.10 Å². The summed E-state index contributed by atoms with van der Waals surface area (Å²) in [7, 11) is 1.26. The minimum atomic E-state index is -1.26. The molecule has 0 heterocycles. The highest BCUT2D eigenvalue weighted by Crippen LogP contribution is 2.28. The number of aliphatic hydroxyl groups excluding tert-OH is 1. The first-order valence-electron chi connectivity index (χ1n) is 5.64. The monoisotopic (exact) mass is 242 g/mol. The summed E-state index contributed by atoms with van der Waals surface area (Å²) in [5.74, 6) is -0.654. The minimum absolute atomic E-state index is 0.551. The quantitative estimate of drug-likeness (QED) is 0.841. The van der Waals surface area contributed by atoms with Gasteiger partial charge in [0, 0.05) is 0 Å². The third-order valence-electron chi connectivity index (χ3n) is 2.76. The molecule has 0 unspecified atom stereocenters. The second-order valence-corrected chi connectivity index (χ2v) is 3.88. The van der Waals surface area contributed by atoms with E-state index in [9.17, 15) is 9.90 Å². The van der Waals surface area contributed by atoms with E-state index in [0.717, 1.165) is 11.1 Å². The van der Waals surface area contributed by atoms with Crippen molar-refractivity contribution in [3.05, 3.63) is 60.2 Å². The molecule has 0 aliphatic rings. The second kappa shape index (κ2) is 5.47. The van der Waals surface area contributed by atoms with Crippen molar-refractivity contribution in [2.45, 2.75) is 6.10 Å². The molecule has 0 bridgehead atoms. The highest BCUT2D eigenvalue weighted by Gasteiger charge is 2.21. The Bertz CT molecular complexity index is 534. The molecule has 3 heteroatoms. The normalized spacial score (nSPS) is 11.9. The molecule has 2 aromatic rings. The van der Waals surface area contributed by atoms with Crippen molar-refractivity contribution >= 4 is 5.97 Å². The van der Waals surface area contributed by atoms with Crippen LogP contribution in [0.25, 0.3) is 11.1 Å². The van der Waals surface area contributed by atoms with Gasteiger partial charge in [-0.15, -0.1) is 0 Å². The van der Waals surface area contributed by atoms with Crippen LogP contribution in [0.2, 0.25) is 0 Å². The predicted octanol–water partition coefficient (Wildman–Crippen LogP) is 2.56. The standard InChI is InChI=1S/C15H14O3/c1-18-15(17)14(16)13-10-6-5-9-12(13)11-7-3-2-4-8-11/h2-10,14,16H,1H3/t14-/m1/s1. The topological polar surface area (TPSA) is 46.5 Å². The molecular formula is C15H14O3. The van der Waals surface area contributed by atoms with Gasteiger partial charge in [-0.2, -0.15) is 0 Å². The van der Waals surface area contributed by atoms with Gasteiger partial charge in [-0.3, -0.25) is 0 Å². The maximum absolute atomic E-state index is 11.4. The van der Waals surface area contributed by atoms with Crippen LogP contribution in [0, 0.1) is 0 Å². The van der Waals surface area contributed by atoms with E-state index in [1.165, 1.54) is 7.11 Å². The number of carbonyl (C=O) groups excluding carboxylic acids is 1. The molecule has 3 nitrogen and oxygen atoms in total. The maximum atomic E-state index is 11.4. The number of hydrogen-bond donors (Lipinski definition) is 1. The smallest absolute Gasteiger partial charge is 0.339 e. The van der Waals surface area contributed by atoms with Gasteiger partial charge in [0.1, 0.15) is 0 Å². The third-order valence-corrected chi connectivity index (χ3v) is 2.76. The Labute approximate surface area is 106 Å². The average molecular weight is 242 g/mol. The van der Waals surface area contributed by atoms with Crippen molar-refractivity contribution in [1.29, 1.82) is 0 Å². The van der Waals surface area contributed by atoms with Crippen molar-refractivity contribution in [2.75, 3.05) is 7.11 Å². The predicted molar refractivity (Wildman–Crippen MR) is 68.9 cm³/mol. The first-order chi connectivity index (χ1) is 8.74. The Balaban J connectivity index is 2.47. The summed E-state index contributed by atoms with van der Waals surface area (Å²) >= 11 is 0. The zero-order valence-corrected chi connectivity index (χ0v) is 10.0. The van der Waals surface area contributed by atoms with Crippen LogP contribution in [0.4, 0.5) is 0 Å². The van der Waals surface area contributed by atoms with Crippen LogP contribution in [0.3, 0.4) is 0 Å². The Morgan fingerprint density at radius 3 is 2.33 bits per heavy atom. The molecule has 2 rings (SSSR count). The van der Waals surface area contributed by atoms with E-state index in [2.05, 4.69) is 4.74 Å². The Morgan fingerprint density at radius 1 is 1.06 bits per heavy atom. The molecule has 0 amide bonds. The number of ether oxygens (including phenoxy) is 1. The lowest BCUT2D eigenvalue weighted by Crippen LogP contribution is -2.14. The van der Waals surface area contributed by atoms with Gasteiger partial charge in [-0.05, 0) is 16.7 Å². The van der Waals surface area contributed by atoms with E-state index >= 15 is 0 Å². The van der Waals surface area contributed by atoms with Gasteiger partial charge >= 0.3 is 5.97 Å². The van der Waals surface area contributed by atoms with Crippen LogP contribution in [-0.2, 0) is 9.53 Å². The van der Waals surface area contributed by atoms with E-state index < -0.39 is 12.1 Å². The first kappa shape index (κ1) is 12.3. The summed E-state index contributed by atoms with van der Waals surface area (Å²) in [4.78, 5) is 11.4. The van der Waals surface area contributed by atoms with E-state index in [-0.39, 0.29) is 0 Å². The van der Waals surface area contributed by atoms with Crippen molar-refractivity contribution in [2.24, 2.45) is 0 Å². The summed E-state index contributed by atoms with van der Waals surface area (Å²) in [5.41, 5.74) is 2.34. The summed E-state index contributed by atoms with van der Waals surface area (Å²) in [6.07, 6.45) is -1.26. The van der Waals surface area contributed by atoms with Gasteiger partial charge in [-0.1, -0.05) is 54.6 Å². The lowest BCUT2D eigenvalue weighted by Gasteiger charge is -2.13. The van der Waals surface area contributed by atoms with Crippen LogP contribution in [0.5, 0.6) is 0 Å². The molecule has 92 valence electrons. The van der Waals surface area contributed by atoms with Gasteiger partial charge < -0.3 is 9.84 Å². The summed E-state index contributed by atoms with van der Waals surface area (Å²) < 4.78 is 4.57. The fourth-order valence-electron chi connectivity index (χ4n) is 1.85. The maximum Gasteiger partial charge on any atom is 0.339 e. The van der Waals surface area contributed by atoms with Gasteiger partial charge in [-0.25, -0.2) is 4.79 Å². The van der Waals surface area contributed by atoms with Crippen LogP contribution in [0.15, 0.2) is 54.6 Å². The zero-order chi connectivity index (χ0) is 13.0. The molecule has 1 N–H and O–H groups in total. The van der Waals surface area contributed by atoms with Crippen molar-refractivity contribution < 1.29 is 14.6 Å². The van der Waals surface area contributed by atoms with E-state index in [1.807, 2.05) is 42.5 Å². The number of aliphatic hydroxyl groups is 1. The molecule has 0 aliphatic carbocycles. The highest BCUT2D eigenvalue weighted by atomic mass is 16.5. The second-order valence-electron chi connectivity index (χ2n) is 3.88. The average Bonchev–Trinajstić information content (AvgIpc) is 2.46. The van der Waals surface area contributed by atoms with Crippen LogP contribution in [-0.4, -0.2) is 18.2 Å². The largest absolute Gasteiger partial charge is 0.467 e. The number of esters is 1. The van der Waals surface area contributed by atoms with Gasteiger partial charge in [0.2, 0.25) is 0 Å². The van der Waals surface area contributed by atoms with E-state index in [1.54, 1.807) is 12.1 Å². The molecule has 0 aliphatic heterocycles. The summed E-state index contributed by atoms with van der Waals surface area (Å²) in [6, 6.07) is 16.9. The van der Waals surface area contributed by atoms with Crippen LogP contribution >= 0.6 is 0 Å². The number of rotatable bonds is 3. The SMILES string of the molecule is COC(=O)[C@H](O)c1ccccc1-c1ccccc1. The van der Waals surface area contributed by atoms with Crippen LogP contribution in [0.1, 0.15) is 11.7 Å². The lowest BCUT2D eigenvalue weighted by atomic mass is 9.96. The molecule has 0 fully saturated rings. The van der Waals surface area contributed by atoms with Gasteiger partial charge in [0.25, 0.3) is 0 Å². The van der Waals surface area contributed by atoms with Gasteiger partial charge in [0.05, 0.1) is 7.11 Å². The molecular weight excluding hydrogens is 228 g/mol. The number of hydrogen-bond acceptors (Lipinski definition) is 3. The molecule has 0 radical (unpaired) electrons. The summed E-state index contributed by atoms with van der Waals surface area (Å²) in [5, 5.41) is 9.96. The molecule has 0 spiro atoms. The Kier molecular flexibility index (Phi) is 3.75. The molecule has 0 saturated carbocycles. The van der Waals surface area contributed by atoms with Crippen molar-refractivity contribution in [3.63, 3.8) is 0 Å². The first-order valence-corrected chi connectivity index (χ1v) is 5.64. The zero-order valence-electron chi connectivity index (χ0n) is 10.0. The minimum Gasteiger partial charge on any atom is -0.467 e. The van der Waals surface area contributed by atoms with Crippen molar-refractivity contribution in [1.82, 2.24) is 0 Å². The fraction of sp³-hybridized carbons (Fsp3) is 0.133. The fourth-order valence-corrected chi connectivity index (χ4v) is 1.85. The molecule has 2 aromatic carbocycles. The molecule has 0 aromatic heterocycles. The lowest BCUT2D eigenvalue weighted by molar-refractivity contribution is -0.150. The Hall–Kier alpha value is -2.13. The highest BCUT2D eigenvalue weighted by molar-refractivity contribution is 5.80. The van der Waals surface area contributed by atoms with Crippen molar-refractivity contribution in [3.8, 4) is 11.1 Å². The number of methoxy groups -OCH3 is 1. The summed E-state index contributed by atoms with van der Waals surface area (Å²) in [6.45, 7) is 0. The van der Waals surface area contributed by atoms with E-state index in [0.29, 0.717) is 5.56 Å². The molecule has 18 heavy (non-hydrogen) atoms. The number of benzene rings is 2. The number of carbonyl (C=O) groups is 1. The van der Waals surface area contributed by atoms with E-state index in [4.69, 9.17) is 0 Å². The molecule has 1 atom stereocenters. The Morgan fingerprint density at radius 2 is 1.67 bits per heavy atom.